The molecule has 9 nitrogen and oxygen atoms in total. The first-order chi connectivity index (χ1) is 16.0. The predicted molar refractivity (Wildman–Crippen MR) is 113 cm³/mol. The number of carbonyl (C=O) groups excluding carboxylic acids is 2. The Morgan fingerprint density at radius 3 is 2.62 bits per heavy atom. The minimum absolute atomic E-state index is 0.0593. The number of alkyl halides is 2. The Morgan fingerprint density at radius 2 is 2.03 bits per heavy atom. The average molecular weight is 496 g/mol. The largest absolute Gasteiger partial charge is 0.462 e. The second kappa shape index (κ2) is 10.1. The molecule has 0 unspecified atom stereocenters. The molecule has 1 fully saturated rings. The van der Waals surface area contributed by atoms with Crippen molar-refractivity contribution in [3.63, 3.8) is 0 Å². The number of nitrogens with one attached hydrogen (secondary N) is 1. The molecule has 1 aromatic heterocycles. The quantitative estimate of drug-likeness (QED) is 0.551. The summed E-state index contributed by atoms with van der Waals surface area (Å²) in [6.07, 6.45) is -3.13. The summed E-state index contributed by atoms with van der Waals surface area (Å²) in [5.41, 5.74) is -1.42. The molecular weight excluding hydrogens is 477 g/mol. The van der Waals surface area contributed by atoms with E-state index in [4.69, 9.17) is 4.74 Å². The number of nitriles is 1. The highest BCUT2D eigenvalue weighted by Crippen LogP contribution is 2.31. The van der Waals surface area contributed by atoms with Crippen molar-refractivity contribution in [3.05, 3.63) is 58.5 Å². The molecule has 2 aromatic rings. The van der Waals surface area contributed by atoms with Crippen LogP contribution in [-0.2, 0) is 25.3 Å². The van der Waals surface area contributed by atoms with Gasteiger partial charge in [-0.2, -0.15) is 5.26 Å². The van der Waals surface area contributed by atoms with E-state index in [9.17, 15) is 36.4 Å². The van der Waals surface area contributed by atoms with Gasteiger partial charge in [0.2, 0.25) is 15.9 Å². The highest BCUT2D eigenvalue weighted by Gasteiger charge is 2.37. The number of pyridine rings is 1. The van der Waals surface area contributed by atoms with Crippen LogP contribution >= 0.6 is 0 Å². The molecule has 13 heteroatoms. The van der Waals surface area contributed by atoms with Gasteiger partial charge in [0.25, 0.3) is 6.43 Å². The fraction of sp³-hybridized carbons (Fsp3) is 0.333. The first kappa shape index (κ1) is 25.0. The number of esters is 1. The molecule has 1 aromatic carbocycles. The number of sulfonamides is 1. The van der Waals surface area contributed by atoms with Crippen LogP contribution in [0.1, 0.15) is 40.5 Å². The van der Waals surface area contributed by atoms with Crippen LogP contribution in [0.15, 0.2) is 30.3 Å². The van der Waals surface area contributed by atoms with E-state index in [0.29, 0.717) is 0 Å². The van der Waals surface area contributed by atoms with Gasteiger partial charge >= 0.3 is 5.97 Å². The zero-order valence-electron chi connectivity index (χ0n) is 17.8. The summed E-state index contributed by atoms with van der Waals surface area (Å²) in [4.78, 5) is 29.5. The molecule has 0 aliphatic carbocycles. The van der Waals surface area contributed by atoms with E-state index in [1.807, 2.05) is 4.72 Å². The molecule has 1 aliphatic heterocycles. The monoisotopic (exact) mass is 496 g/mol. The summed E-state index contributed by atoms with van der Waals surface area (Å²) in [6.45, 7) is 1.25. The number of anilines is 1. The highest BCUT2D eigenvalue weighted by molar-refractivity contribution is 7.89. The number of carbonyl (C=O) groups is 2. The number of rotatable bonds is 8. The van der Waals surface area contributed by atoms with Gasteiger partial charge in [0.05, 0.1) is 29.4 Å². The number of nitrogens with zero attached hydrogens (tertiary/aromatic N) is 3. The molecule has 2 heterocycles. The van der Waals surface area contributed by atoms with E-state index in [1.165, 1.54) is 24.0 Å². The summed E-state index contributed by atoms with van der Waals surface area (Å²) >= 11 is 0. The Morgan fingerprint density at radius 1 is 1.32 bits per heavy atom. The van der Waals surface area contributed by atoms with Crippen LogP contribution < -0.4 is 9.62 Å². The van der Waals surface area contributed by atoms with E-state index in [2.05, 4.69) is 4.98 Å². The van der Waals surface area contributed by atoms with Crippen molar-refractivity contribution < 1.29 is 35.9 Å². The van der Waals surface area contributed by atoms with Crippen LogP contribution in [0, 0.1) is 23.1 Å². The molecule has 1 saturated heterocycles. The minimum atomic E-state index is -4.11. The Kier molecular flexibility index (Phi) is 7.41. The Hall–Kier alpha value is -3.66. The third-order valence-corrected chi connectivity index (χ3v) is 6.13. The lowest BCUT2D eigenvalue weighted by molar-refractivity contribution is -0.123. The standard InChI is InChI=1S/C21H19F3N4O5S/c1-2-33-21(30)16-7-13(8-25)19(26-17(16)18(23)24)28-9-14(10-28)20(29)27-34(31,32)11-12-4-3-5-15(22)6-12/h3-7,14,18H,2,9-11H2,1H3,(H,27,29). The molecule has 0 radical (unpaired) electrons. The van der Waals surface area contributed by atoms with E-state index in [1.54, 1.807) is 6.07 Å². The van der Waals surface area contributed by atoms with Gasteiger partial charge in [-0.25, -0.2) is 31.4 Å². The smallest absolute Gasteiger partial charge is 0.340 e. The van der Waals surface area contributed by atoms with Crippen LogP contribution in [0.3, 0.4) is 0 Å². The number of amides is 1. The third kappa shape index (κ3) is 5.63. The van der Waals surface area contributed by atoms with Gasteiger partial charge in [0.1, 0.15) is 23.4 Å². The normalized spacial score (nSPS) is 13.8. The second-order valence-electron chi connectivity index (χ2n) is 7.38. The van der Waals surface area contributed by atoms with E-state index in [-0.39, 0.29) is 36.6 Å². The van der Waals surface area contributed by atoms with Crippen LogP contribution in [-0.4, -0.2) is 45.0 Å². The molecule has 1 N–H and O–H groups in total. The summed E-state index contributed by atoms with van der Waals surface area (Å²) < 4.78 is 71.4. The maximum absolute atomic E-state index is 13.5. The molecule has 1 amide bonds. The number of ether oxygens (including phenoxy) is 1. The molecule has 0 spiro atoms. The van der Waals surface area contributed by atoms with Crippen molar-refractivity contribution in [2.24, 2.45) is 5.92 Å². The van der Waals surface area contributed by atoms with Gasteiger partial charge in [-0.05, 0) is 30.7 Å². The van der Waals surface area contributed by atoms with Gasteiger partial charge < -0.3 is 9.64 Å². The van der Waals surface area contributed by atoms with Crippen molar-refractivity contribution in [1.82, 2.24) is 9.71 Å². The van der Waals surface area contributed by atoms with Gasteiger partial charge in [-0.3, -0.25) is 9.52 Å². The fourth-order valence-corrected chi connectivity index (χ4v) is 4.48. The van der Waals surface area contributed by atoms with Crippen molar-refractivity contribution >= 4 is 27.7 Å². The first-order valence-electron chi connectivity index (χ1n) is 9.98. The number of hydrogen-bond donors (Lipinski definition) is 1. The van der Waals surface area contributed by atoms with Crippen LogP contribution in [0.5, 0.6) is 0 Å². The van der Waals surface area contributed by atoms with E-state index >= 15 is 0 Å². The number of benzene rings is 1. The molecule has 1 aliphatic rings. The maximum atomic E-state index is 13.5. The van der Waals surface area contributed by atoms with E-state index in [0.717, 1.165) is 18.2 Å². The number of hydrogen-bond acceptors (Lipinski definition) is 8. The second-order valence-corrected chi connectivity index (χ2v) is 9.10. The highest BCUT2D eigenvalue weighted by atomic mass is 32.2. The van der Waals surface area contributed by atoms with Gasteiger partial charge in [-0.15, -0.1) is 0 Å². The van der Waals surface area contributed by atoms with Crippen molar-refractivity contribution in [1.29, 1.82) is 5.26 Å². The molecular formula is C21H19F3N4O5S. The van der Waals surface area contributed by atoms with Crippen molar-refractivity contribution in [3.8, 4) is 6.07 Å². The molecule has 0 atom stereocenters. The first-order valence-corrected chi connectivity index (χ1v) is 11.6. The fourth-order valence-electron chi connectivity index (χ4n) is 3.32. The SMILES string of the molecule is CCOC(=O)c1cc(C#N)c(N2CC(C(=O)NS(=O)(=O)Cc3cccc(F)c3)C2)nc1C(F)F. The Labute approximate surface area is 193 Å². The van der Waals surface area contributed by atoms with Gasteiger partial charge in [0.15, 0.2) is 0 Å². The van der Waals surface area contributed by atoms with Crippen LogP contribution in [0.4, 0.5) is 19.0 Å². The molecule has 34 heavy (non-hydrogen) atoms. The minimum Gasteiger partial charge on any atom is -0.462 e. The summed E-state index contributed by atoms with van der Waals surface area (Å²) in [6, 6.07) is 7.66. The Bertz CT molecular complexity index is 1260. The lowest BCUT2D eigenvalue weighted by Gasteiger charge is -2.39. The molecule has 0 bridgehead atoms. The third-order valence-electron chi connectivity index (χ3n) is 4.91. The number of aromatic nitrogens is 1. The lowest BCUT2D eigenvalue weighted by atomic mass is 9.98. The zero-order chi connectivity index (χ0) is 25.0. The average Bonchev–Trinajstić information content (AvgIpc) is 2.71. The van der Waals surface area contributed by atoms with Gasteiger partial charge in [0, 0.05) is 13.1 Å². The van der Waals surface area contributed by atoms with Gasteiger partial charge in [-0.1, -0.05) is 12.1 Å². The molecule has 3 rings (SSSR count). The van der Waals surface area contributed by atoms with Crippen molar-refractivity contribution in [2.75, 3.05) is 24.6 Å². The summed E-state index contributed by atoms with van der Waals surface area (Å²) in [5, 5.41) is 9.40. The topological polar surface area (TPSA) is 129 Å². The van der Waals surface area contributed by atoms with Crippen LogP contribution in [0.2, 0.25) is 0 Å². The summed E-state index contributed by atoms with van der Waals surface area (Å²) in [7, 11) is -4.11. The number of halogens is 3. The summed E-state index contributed by atoms with van der Waals surface area (Å²) in [5.74, 6) is -4.08. The molecule has 0 saturated carbocycles. The Balaban J connectivity index is 1.71. The predicted octanol–water partition coefficient (Wildman–Crippen LogP) is 2.29. The maximum Gasteiger partial charge on any atom is 0.340 e. The van der Waals surface area contributed by atoms with E-state index < -0.39 is 57.1 Å². The van der Waals surface area contributed by atoms with Crippen molar-refractivity contribution in [2.45, 2.75) is 19.1 Å². The zero-order valence-corrected chi connectivity index (χ0v) is 18.6. The van der Waals surface area contributed by atoms with Crippen LogP contribution in [0.25, 0.3) is 0 Å². The molecule has 180 valence electrons. The lowest BCUT2D eigenvalue weighted by Crippen LogP contribution is -2.55.